The fourth-order valence-electron chi connectivity index (χ4n) is 3.29. The Morgan fingerprint density at radius 3 is 2.46 bits per heavy atom. The predicted octanol–water partition coefficient (Wildman–Crippen LogP) is 3.38. The summed E-state index contributed by atoms with van der Waals surface area (Å²) in [4.78, 5) is 28.9. The lowest BCUT2D eigenvalue weighted by molar-refractivity contribution is 0.0927. The van der Waals surface area contributed by atoms with Crippen molar-refractivity contribution in [1.29, 1.82) is 0 Å². The monoisotopic (exact) mass is 351 g/mol. The van der Waals surface area contributed by atoms with Gasteiger partial charge in [0.05, 0.1) is 11.1 Å². The number of hydrogen-bond donors (Lipinski definition) is 2. The molecule has 3 rings (SSSR count). The molecule has 136 valence electrons. The molecule has 0 aliphatic heterocycles. The van der Waals surface area contributed by atoms with Gasteiger partial charge < -0.3 is 10.6 Å². The maximum Gasteiger partial charge on any atom is 0.253 e. The first-order chi connectivity index (χ1) is 12.6. The van der Waals surface area contributed by atoms with Crippen molar-refractivity contribution in [2.24, 2.45) is 0 Å². The van der Waals surface area contributed by atoms with E-state index in [4.69, 9.17) is 0 Å². The van der Waals surface area contributed by atoms with E-state index in [2.05, 4.69) is 15.6 Å². The fourth-order valence-corrected chi connectivity index (χ4v) is 3.29. The number of aryl methyl sites for hydroxylation is 1. The summed E-state index contributed by atoms with van der Waals surface area (Å²) < 4.78 is 0. The number of amides is 2. The largest absolute Gasteiger partial charge is 0.349 e. The van der Waals surface area contributed by atoms with Gasteiger partial charge in [0.25, 0.3) is 11.8 Å². The van der Waals surface area contributed by atoms with Crippen LogP contribution in [0, 0.1) is 6.92 Å². The van der Waals surface area contributed by atoms with E-state index in [-0.39, 0.29) is 17.9 Å². The van der Waals surface area contributed by atoms with Crippen LogP contribution < -0.4 is 10.6 Å². The Balaban J connectivity index is 1.61. The third kappa shape index (κ3) is 4.69. The fraction of sp³-hybridized carbons (Fsp3) is 0.381. The van der Waals surface area contributed by atoms with Gasteiger partial charge in [0, 0.05) is 25.0 Å². The van der Waals surface area contributed by atoms with Crippen molar-refractivity contribution < 1.29 is 9.59 Å². The Labute approximate surface area is 154 Å². The van der Waals surface area contributed by atoms with Crippen LogP contribution in [-0.4, -0.2) is 22.8 Å². The number of carbonyl (C=O) groups is 2. The minimum Gasteiger partial charge on any atom is -0.349 e. The summed E-state index contributed by atoms with van der Waals surface area (Å²) in [5, 5.41) is 5.95. The lowest BCUT2D eigenvalue weighted by Gasteiger charge is -2.22. The molecular weight excluding hydrogens is 326 g/mol. The highest BCUT2D eigenvalue weighted by atomic mass is 16.2. The number of aromatic nitrogens is 1. The van der Waals surface area contributed by atoms with Gasteiger partial charge in [-0.15, -0.1) is 0 Å². The Kier molecular flexibility index (Phi) is 6.00. The molecule has 0 spiro atoms. The van der Waals surface area contributed by atoms with Crippen LogP contribution in [0.2, 0.25) is 0 Å². The van der Waals surface area contributed by atoms with Gasteiger partial charge in [-0.05, 0) is 37.0 Å². The molecule has 1 fully saturated rings. The van der Waals surface area contributed by atoms with Gasteiger partial charge in [-0.1, -0.05) is 43.5 Å². The van der Waals surface area contributed by atoms with Crippen LogP contribution in [0.5, 0.6) is 0 Å². The van der Waals surface area contributed by atoms with E-state index < -0.39 is 0 Å². The number of nitrogens with one attached hydrogen (secondary N) is 2. The van der Waals surface area contributed by atoms with Crippen molar-refractivity contribution in [3.05, 3.63) is 65.0 Å². The Hall–Kier alpha value is -2.69. The molecule has 0 atom stereocenters. The third-order valence-electron chi connectivity index (χ3n) is 4.90. The van der Waals surface area contributed by atoms with Crippen LogP contribution >= 0.6 is 0 Å². The molecule has 5 nitrogen and oxygen atoms in total. The van der Waals surface area contributed by atoms with Crippen LogP contribution in [0.25, 0.3) is 0 Å². The summed E-state index contributed by atoms with van der Waals surface area (Å²) in [6, 6.07) is 9.76. The van der Waals surface area contributed by atoms with Crippen molar-refractivity contribution in [1.82, 2.24) is 15.6 Å². The van der Waals surface area contributed by atoms with E-state index >= 15 is 0 Å². The normalized spacial score (nSPS) is 14.7. The lowest BCUT2D eigenvalue weighted by atomic mass is 9.95. The zero-order valence-electron chi connectivity index (χ0n) is 15.1. The smallest absolute Gasteiger partial charge is 0.253 e. The molecule has 2 N–H and O–H groups in total. The lowest BCUT2D eigenvalue weighted by Crippen LogP contribution is -2.36. The second-order valence-electron chi connectivity index (χ2n) is 6.88. The molecule has 2 amide bonds. The molecule has 1 aromatic carbocycles. The maximum absolute atomic E-state index is 12.4. The van der Waals surface area contributed by atoms with Crippen LogP contribution in [0.15, 0.2) is 42.7 Å². The Morgan fingerprint density at radius 2 is 1.73 bits per heavy atom. The van der Waals surface area contributed by atoms with Gasteiger partial charge in [0.2, 0.25) is 0 Å². The van der Waals surface area contributed by atoms with Gasteiger partial charge >= 0.3 is 0 Å². The number of carbonyl (C=O) groups excluding carboxylic acids is 2. The molecule has 1 saturated carbocycles. The van der Waals surface area contributed by atoms with Gasteiger partial charge in [0.1, 0.15) is 0 Å². The average molecular weight is 351 g/mol. The number of rotatable bonds is 5. The average Bonchev–Trinajstić information content (AvgIpc) is 2.68. The molecule has 5 heteroatoms. The number of pyridine rings is 1. The van der Waals surface area contributed by atoms with Gasteiger partial charge in [-0.2, -0.15) is 0 Å². The second kappa shape index (κ2) is 8.61. The van der Waals surface area contributed by atoms with E-state index in [1.165, 1.54) is 18.8 Å². The first-order valence-corrected chi connectivity index (χ1v) is 9.22. The molecule has 0 unspecified atom stereocenters. The van der Waals surface area contributed by atoms with Crippen LogP contribution in [0.3, 0.4) is 0 Å². The molecule has 0 saturated heterocycles. The molecular formula is C21H25N3O2. The van der Waals surface area contributed by atoms with E-state index in [1.54, 1.807) is 6.07 Å². The highest BCUT2D eigenvalue weighted by molar-refractivity contribution is 5.99. The van der Waals surface area contributed by atoms with Crippen molar-refractivity contribution in [2.75, 3.05) is 0 Å². The number of nitrogens with zero attached hydrogens (tertiary/aromatic N) is 1. The van der Waals surface area contributed by atoms with Crippen LogP contribution in [0.1, 0.15) is 63.9 Å². The van der Waals surface area contributed by atoms with Crippen molar-refractivity contribution in [3.8, 4) is 0 Å². The van der Waals surface area contributed by atoms with Crippen LogP contribution in [0.4, 0.5) is 0 Å². The first-order valence-electron chi connectivity index (χ1n) is 9.22. The van der Waals surface area contributed by atoms with E-state index in [0.717, 1.165) is 36.8 Å². The summed E-state index contributed by atoms with van der Waals surface area (Å²) in [6.07, 6.45) is 8.60. The first kappa shape index (κ1) is 18.1. The SMILES string of the molecule is Cc1ccccc1CNC(=O)c1cncc(C(=O)NC2CCCCC2)c1. The van der Waals surface area contributed by atoms with Gasteiger partial charge in [0.15, 0.2) is 0 Å². The highest BCUT2D eigenvalue weighted by Crippen LogP contribution is 2.18. The maximum atomic E-state index is 12.4. The van der Waals surface area contributed by atoms with Crippen LogP contribution in [-0.2, 0) is 6.54 Å². The molecule has 1 aliphatic rings. The number of benzene rings is 1. The zero-order chi connectivity index (χ0) is 18.4. The zero-order valence-corrected chi connectivity index (χ0v) is 15.1. The summed E-state index contributed by atoms with van der Waals surface area (Å²) in [5.41, 5.74) is 3.03. The Bertz CT molecular complexity index is 782. The minimum atomic E-state index is -0.229. The van der Waals surface area contributed by atoms with Gasteiger partial charge in [-0.3, -0.25) is 14.6 Å². The molecule has 1 heterocycles. The minimum absolute atomic E-state index is 0.155. The standard InChI is InChI=1S/C21H25N3O2/c1-15-7-5-6-8-16(15)14-23-20(25)17-11-18(13-22-12-17)21(26)24-19-9-3-2-4-10-19/h5-8,11-13,19H,2-4,9-10,14H2,1H3,(H,23,25)(H,24,26). The summed E-state index contributed by atoms with van der Waals surface area (Å²) >= 11 is 0. The highest BCUT2D eigenvalue weighted by Gasteiger charge is 2.18. The molecule has 26 heavy (non-hydrogen) atoms. The second-order valence-corrected chi connectivity index (χ2v) is 6.88. The Morgan fingerprint density at radius 1 is 1.04 bits per heavy atom. The van der Waals surface area contributed by atoms with E-state index in [1.807, 2.05) is 31.2 Å². The topological polar surface area (TPSA) is 71.1 Å². The molecule has 2 aromatic rings. The van der Waals surface area contributed by atoms with Gasteiger partial charge in [-0.25, -0.2) is 0 Å². The van der Waals surface area contributed by atoms with E-state index in [9.17, 15) is 9.59 Å². The van der Waals surface area contributed by atoms with Crippen molar-refractivity contribution in [2.45, 2.75) is 51.6 Å². The summed E-state index contributed by atoms with van der Waals surface area (Å²) in [5.74, 6) is -0.383. The predicted molar refractivity (Wildman–Crippen MR) is 101 cm³/mol. The summed E-state index contributed by atoms with van der Waals surface area (Å²) in [7, 11) is 0. The van der Waals surface area contributed by atoms with Crippen molar-refractivity contribution in [3.63, 3.8) is 0 Å². The molecule has 1 aliphatic carbocycles. The van der Waals surface area contributed by atoms with E-state index in [0.29, 0.717) is 17.7 Å². The van der Waals surface area contributed by atoms with Crippen molar-refractivity contribution >= 4 is 11.8 Å². The molecule has 1 aromatic heterocycles. The number of hydrogen-bond acceptors (Lipinski definition) is 3. The quantitative estimate of drug-likeness (QED) is 0.867. The summed E-state index contributed by atoms with van der Waals surface area (Å²) in [6.45, 7) is 2.46. The third-order valence-corrected chi connectivity index (χ3v) is 4.90. The molecule has 0 radical (unpaired) electrons. The molecule has 0 bridgehead atoms.